The third-order valence-corrected chi connectivity index (χ3v) is 4.39. The van der Waals surface area contributed by atoms with Crippen LogP contribution in [0.3, 0.4) is 0 Å². The Balaban J connectivity index is 2.91. The number of anilines is 1. The molecule has 1 atom stereocenters. The van der Waals surface area contributed by atoms with Crippen LogP contribution in [0.15, 0.2) is 29.2 Å². The van der Waals surface area contributed by atoms with E-state index in [9.17, 15) is 8.42 Å². The fourth-order valence-corrected chi connectivity index (χ4v) is 3.44. The van der Waals surface area contributed by atoms with Crippen LogP contribution in [0.5, 0.6) is 0 Å². The second kappa shape index (κ2) is 7.61. The molecule has 1 aromatic carbocycles. The van der Waals surface area contributed by atoms with Gasteiger partial charge in [0, 0.05) is 19.1 Å². The number of nitrogens with zero attached hydrogens (tertiary/aromatic N) is 1. The monoisotopic (exact) mass is 299 g/mol. The number of rotatable bonds is 8. The Kier molecular flexibility index (Phi) is 6.45. The van der Waals surface area contributed by atoms with Gasteiger partial charge in [0.2, 0.25) is 10.0 Å². The first-order valence-corrected chi connectivity index (χ1v) is 8.35. The van der Waals surface area contributed by atoms with E-state index in [0.717, 1.165) is 13.0 Å². The summed E-state index contributed by atoms with van der Waals surface area (Å²) in [5, 5.41) is 3.15. The van der Waals surface area contributed by atoms with E-state index in [-0.39, 0.29) is 6.04 Å². The molecule has 0 aliphatic rings. The third kappa shape index (κ3) is 5.11. The van der Waals surface area contributed by atoms with Crippen LogP contribution in [-0.4, -0.2) is 46.5 Å². The Labute approximate surface area is 122 Å². The highest BCUT2D eigenvalue weighted by atomic mass is 32.2. The van der Waals surface area contributed by atoms with Crippen LogP contribution in [0, 0.1) is 0 Å². The van der Waals surface area contributed by atoms with Crippen molar-refractivity contribution in [3.05, 3.63) is 24.3 Å². The van der Waals surface area contributed by atoms with Crippen molar-refractivity contribution in [3.8, 4) is 0 Å². The SMILES string of the molecule is CCCNc1ccccc1S(=O)(=O)NC(C)CN(C)C. The summed E-state index contributed by atoms with van der Waals surface area (Å²) in [5.41, 5.74) is 0.652. The highest BCUT2D eigenvalue weighted by molar-refractivity contribution is 7.89. The molecule has 1 unspecified atom stereocenters. The molecule has 0 fully saturated rings. The predicted molar refractivity (Wildman–Crippen MR) is 83.6 cm³/mol. The van der Waals surface area contributed by atoms with Gasteiger partial charge in [0.25, 0.3) is 0 Å². The normalized spacial score (nSPS) is 13.4. The lowest BCUT2D eigenvalue weighted by molar-refractivity contribution is 0.370. The van der Waals surface area contributed by atoms with Gasteiger partial charge in [0.15, 0.2) is 0 Å². The van der Waals surface area contributed by atoms with Crippen LogP contribution >= 0.6 is 0 Å². The highest BCUT2D eigenvalue weighted by Gasteiger charge is 2.20. The lowest BCUT2D eigenvalue weighted by atomic mass is 10.3. The van der Waals surface area contributed by atoms with Crippen molar-refractivity contribution in [3.63, 3.8) is 0 Å². The Bertz CT molecular complexity index is 515. The van der Waals surface area contributed by atoms with Crippen LogP contribution in [0.2, 0.25) is 0 Å². The van der Waals surface area contributed by atoms with E-state index in [0.29, 0.717) is 17.1 Å². The molecule has 0 saturated heterocycles. The smallest absolute Gasteiger partial charge is 0.242 e. The molecule has 114 valence electrons. The summed E-state index contributed by atoms with van der Waals surface area (Å²) in [5.74, 6) is 0. The van der Waals surface area contributed by atoms with E-state index >= 15 is 0 Å². The fraction of sp³-hybridized carbons (Fsp3) is 0.571. The predicted octanol–water partition coefficient (Wildman–Crippen LogP) is 1.74. The van der Waals surface area contributed by atoms with Gasteiger partial charge in [0.05, 0.1) is 5.69 Å². The summed E-state index contributed by atoms with van der Waals surface area (Å²) in [6.45, 7) is 5.31. The van der Waals surface area contributed by atoms with E-state index < -0.39 is 10.0 Å². The molecule has 0 aliphatic carbocycles. The van der Waals surface area contributed by atoms with Crippen molar-refractivity contribution in [2.45, 2.75) is 31.2 Å². The number of likely N-dealkylation sites (N-methyl/N-ethyl adjacent to an activating group) is 1. The molecule has 1 rings (SSSR count). The first-order chi connectivity index (χ1) is 9.36. The molecule has 0 heterocycles. The molecule has 1 aromatic rings. The third-order valence-electron chi connectivity index (χ3n) is 2.74. The number of para-hydroxylation sites is 1. The minimum Gasteiger partial charge on any atom is -0.384 e. The first-order valence-electron chi connectivity index (χ1n) is 6.86. The van der Waals surface area contributed by atoms with Crippen molar-refractivity contribution in [1.29, 1.82) is 0 Å². The molecule has 0 saturated carbocycles. The van der Waals surface area contributed by atoms with Gasteiger partial charge in [-0.05, 0) is 39.6 Å². The zero-order valence-corrected chi connectivity index (χ0v) is 13.5. The van der Waals surface area contributed by atoms with Crippen LogP contribution in [0.1, 0.15) is 20.3 Å². The summed E-state index contributed by atoms with van der Waals surface area (Å²) >= 11 is 0. The van der Waals surface area contributed by atoms with Gasteiger partial charge in [-0.15, -0.1) is 0 Å². The standard InChI is InChI=1S/C14H25N3O2S/c1-5-10-15-13-8-6-7-9-14(13)20(18,19)16-12(2)11-17(3)4/h6-9,12,15-16H,5,10-11H2,1-4H3. The van der Waals surface area contributed by atoms with Gasteiger partial charge < -0.3 is 10.2 Å². The maximum absolute atomic E-state index is 12.4. The van der Waals surface area contributed by atoms with Crippen LogP contribution in [0.25, 0.3) is 0 Å². The zero-order valence-electron chi connectivity index (χ0n) is 12.7. The molecule has 0 radical (unpaired) electrons. The van der Waals surface area contributed by atoms with E-state index in [1.54, 1.807) is 18.2 Å². The molecule has 5 nitrogen and oxygen atoms in total. The van der Waals surface area contributed by atoms with Crippen LogP contribution in [-0.2, 0) is 10.0 Å². The molecule has 0 aromatic heterocycles. The number of hydrogen-bond donors (Lipinski definition) is 2. The lowest BCUT2D eigenvalue weighted by Crippen LogP contribution is -2.39. The van der Waals surface area contributed by atoms with E-state index in [1.165, 1.54) is 0 Å². The molecule has 20 heavy (non-hydrogen) atoms. The van der Waals surface area contributed by atoms with Gasteiger partial charge in [0.1, 0.15) is 4.90 Å². The molecule has 0 spiro atoms. The number of sulfonamides is 1. The summed E-state index contributed by atoms with van der Waals surface area (Å²) in [4.78, 5) is 2.26. The summed E-state index contributed by atoms with van der Waals surface area (Å²) in [6.07, 6.45) is 0.943. The largest absolute Gasteiger partial charge is 0.384 e. The molecule has 0 amide bonds. The molecular formula is C14H25N3O2S. The van der Waals surface area contributed by atoms with Crippen molar-refractivity contribution in [2.24, 2.45) is 0 Å². The Morgan fingerprint density at radius 1 is 1.25 bits per heavy atom. The molecule has 6 heteroatoms. The number of hydrogen-bond acceptors (Lipinski definition) is 4. The van der Waals surface area contributed by atoms with E-state index in [1.807, 2.05) is 38.9 Å². The van der Waals surface area contributed by atoms with E-state index in [2.05, 4.69) is 10.0 Å². The molecular weight excluding hydrogens is 274 g/mol. The van der Waals surface area contributed by atoms with Crippen molar-refractivity contribution >= 4 is 15.7 Å². The second-order valence-electron chi connectivity index (χ2n) is 5.21. The average molecular weight is 299 g/mol. The van der Waals surface area contributed by atoms with Gasteiger partial charge in [-0.3, -0.25) is 0 Å². The van der Waals surface area contributed by atoms with E-state index in [4.69, 9.17) is 0 Å². The van der Waals surface area contributed by atoms with Gasteiger partial charge in [-0.1, -0.05) is 19.1 Å². The molecule has 0 bridgehead atoms. The second-order valence-corrected chi connectivity index (χ2v) is 6.89. The number of nitrogens with one attached hydrogen (secondary N) is 2. The molecule has 0 aliphatic heterocycles. The highest BCUT2D eigenvalue weighted by Crippen LogP contribution is 2.20. The molecule has 2 N–H and O–H groups in total. The minimum absolute atomic E-state index is 0.144. The van der Waals surface area contributed by atoms with Crippen LogP contribution in [0.4, 0.5) is 5.69 Å². The van der Waals surface area contributed by atoms with Crippen LogP contribution < -0.4 is 10.0 Å². The van der Waals surface area contributed by atoms with Gasteiger partial charge in [-0.25, -0.2) is 13.1 Å². The fourth-order valence-electron chi connectivity index (χ4n) is 2.02. The minimum atomic E-state index is -3.51. The summed E-state index contributed by atoms with van der Waals surface area (Å²) in [7, 11) is 0.331. The van der Waals surface area contributed by atoms with Gasteiger partial charge in [-0.2, -0.15) is 0 Å². The van der Waals surface area contributed by atoms with Crippen molar-refractivity contribution in [2.75, 3.05) is 32.5 Å². The Hall–Kier alpha value is -1.11. The Morgan fingerprint density at radius 3 is 2.50 bits per heavy atom. The maximum Gasteiger partial charge on any atom is 0.242 e. The zero-order chi connectivity index (χ0) is 15.2. The maximum atomic E-state index is 12.4. The topological polar surface area (TPSA) is 61.4 Å². The van der Waals surface area contributed by atoms with Crippen molar-refractivity contribution < 1.29 is 8.42 Å². The van der Waals surface area contributed by atoms with Crippen molar-refractivity contribution in [1.82, 2.24) is 9.62 Å². The summed E-state index contributed by atoms with van der Waals surface area (Å²) < 4.78 is 27.6. The number of benzene rings is 1. The summed E-state index contributed by atoms with van der Waals surface area (Å²) in [6, 6.07) is 6.85. The van der Waals surface area contributed by atoms with Gasteiger partial charge >= 0.3 is 0 Å². The average Bonchev–Trinajstić information content (AvgIpc) is 2.34. The Morgan fingerprint density at radius 2 is 1.90 bits per heavy atom. The quantitative estimate of drug-likeness (QED) is 0.767. The lowest BCUT2D eigenvalue weighted by Gasteiger charge is -2.19. The first kappa shape index (κ1) is 16.9.